The summed E-state index contributed by atoms with van der Waals surface area (Å²) in [6.07, 6.45) is 2.62. The van der Waals surface area contributed by atoms with Crippen LogP contribution in [-0.4, -0.2) is 43.6 Å². The highest BCUT2D eigenvalue weighted by atomic mass is 79.9. The highest BCUT2D eigenvalue weighted by molar-refractivity contribution is 9.10. The molecule has 10 heteroatoms. The summed E-state index contributed by atoms with van der Waals surface area (Å²) in [6.45, 7) is 4.78. The van der Waals surface area contributed by atoms with Gasteiger partial charge in [-0.1, -0.05) is 0 Å². The third-order valence-electron chi connectivity index (χ3n) is 3.08. The van der Waals surface area contributed by atoms with Crippen LogP contribution < -0.4 is 14.8 Å². The number of benzene rings is 1. The van der Waals surface area contributed by atoms with Crippen molar-refractivity contribution in [2.75, 3.05) is 20.3 Å². The minimum atomic E-state index is -0.611. The molecule has 1 heterocycles. The quantitative estimate of drug-likeness (QED) is 0.293. The Morgan fingerprint density at radius 3 is 2.70 bits per heavy atom. The molecule has 1 aliphatic heterocycles. The van der Waals surface area contributed by atoms with Gasteiger partial charge in [0.05, 0.1) is 35.9 Å². The molecule has 1 saturated heterocycles. The zero-order valence-electron chi connectivity index (χ0n) is 14.9. The van der Waals surface area contributed by atoms with Gasteiger partial charge in [-0.15, -0.1) is 5.10 Å². The molecule has 144 valence electrons. The summed E-state index contributed by atoms with van der Waals surface area (Å²) < 4.78 is 16.4. The normalized spacial score (nSPS) is 16.8. The van der Waals surface area contributed by atoms with E-state index in [-0.39, 0.29) is 10.1 Å². The lowest BCUT2D eigenvalue weighted by Gasteiger charge is -2.13. The molecule has 0 atom stereocenters. The van der Waals surface area contributed by atoms with Crippen molar-refractivity contribution in [3.05, 3.63) is 33.2 Å². The lowest BCUT2D eigenvalue weighted by molar-refractivity contribution is -0.135. The predicted molar refractivity (Wildman–Crippen MR) is 107 cm³/mol. The maximum atomic E-state index is 11.8. The molecule has 2 rings (SSSR count). The number of halogens is 1. The number of hydrogen-bond acceptors (Lipinski definition) is 8. The zero-order valence-corrected chi connectivity index (χ0v) is 17.3. The lowest BCUT2D eigenvalue weighted by atomic mass is 10.2. The van der Waals surface area contributed by atoms with Crippen LogP contribution in [0.25, 0.3) is 0 Å². The van der Waals surface area contributed by atoms with Crippen LogP contribution in [0.2, 0.25) is 0 Å². The summed E-state index contributed by atoms with van der Waals surface area (Å²) in [5, 5.41) is 10.7. The molecule has 1 N–H and O–H groups in total. The van der Waals surface area contributed by atoms with Gasteiger partial charge in [0, 0.05) is 6.08 Å². The molecule has 0 saturated carbocycles. The lowest BCUT2D eigenvalue weighted by Crippen LogP contribution is -2.19. The van der Waals surface area contributed by atoms with Crippen LogP contribution in [-0.2, 0) is 14.3 Å². The SMILES string of the molecule is CCOc1cc(C=N/N=C2/NC(=O)/C(=C\C(=O)OC)S2)cc(Br)c1OCC. The fourth-order valence-corrected chi connectivity index (χ4v) is 3.31. The first-order chi connectivity index (χ1) is 13.0. The molecule has 1 aliphatic rings. The van der Waals surface area contributed by atoms with Crippen molar-refractivity contribution in [1.82, 2.24) is 5.32 Å². The van der Waals surface area contributed by atoms with Crippen LogP contribution in [0.1, 0.15) is 19.4 Å². The zero-order chi connectivity index (χ0) is 19.8. The molecule has 0 spiro atoms. The highest BCUT2D eigenvalue weighted by Gasteiger charge is 2.25. The number of nitrogens with zero attached hydrogens (tertiary/aromatic N) is 2. The highest BCUT2D eigenvalue weighted by Crippen LogP contribution is 2.36. The van der Waals surface area contributed by atoms with Gasteiger partial charge in [-0.25, -0.2) is 4.79 Å². The first kappa shape index (κ1) is 21.0. The summed E-state index contributed by atoms with van der Waals surface area (Å²) in [5.74, 6) is 0.176. The number of hydrogen-bond donors (Lipinski definition) is 1. The van der Waals surface area contributed by atoms with Crippen LogP contribution in [0.5, 0.6) is 11.5 Å². The van der Waals surface area contributed by atoms with E-state index in [0.717, 1.165) is 27.9 Å². The number of amides is 1. The van der Waals surface area contributed by atoms with Crippen molar-refractivity contribution < 1.29 is 23.8 Å². The van der Waals surface area contributed by atoms with E-state index >= 15 is 0 Å². The summed E-state index contributed by atoms with van der Waals surface area (Å²) in [6, 6.07) is 3.60. The van der Waals surface area contributed by atoms with Gasteiger partial charge >= 0.3 is 5.97 Å². The van der Waals surface area contributed by atoms with Gasteiger partial charge in [0.1, 0.15) is 0 Å². The monoisotopic (exact) mass is 455 g/mol. The van der Waals surface area contributed by atoms with E-state index in [2.05, 4.69) is 36.2 Å². The number of esters is 1. The molecule has 0 unspecified atom stereocenters. The Labute approximate surface area is 169 Å². The standard InChI is InChI=1S/C17H18BrN3O5S/c1-4-25-12-7-10(6-11(18)15(12)26-5-2)9-19-21-17-20-16(23)13(27-17)8-14(22)24-3/h6-9H,4-5H2,1-3H3,(H,20,21,23)/b13-8+,19-9?. The molecule has 0 radical (unpaired) electrons. The Bertz CT molecular complexity index is 823. The molecule has 0 bridgehead atoms. The molecule has 0 aliphatic carbocycles. The second kappa shape index (κ2) is 10.1. The molecule has 0 aromatic heterocycles. The molecule has 1 amide bonds. The van der Waals surface area contributed by atoms with E-state index in [9.17, 15) is 9.59 Å². The van der Waals surface area contributed by atoms with Crippen molar-refractivity contribution in [1.29, 1.82) is 0 Å². The molecule has 27 heavy (non-hydrogen) atoms. The topological polar surface area (TPSA) is 98.6 Å². The maximum Gasteiger partial charge on any atom is 0.331 e. The Morgan fingerprint density at radius 1 is 1.30 bits per heavy atom. The van der Waals surface area contributed by atoms with Crippen molar-refractivity contribution in [2.24, 2.45) is 10.2 Å². The van der Waals surface area contributed by atoms with Crippen molar-refractivity contribution in [3.63, 3.8) is 0 Å². The fraction of sp³-hybridized carbons (Fsp3) is 0.294. The van der Waals surface area contributed by atoms with Gasteiger partial charge in [-0.2, -0.15) is 5.10 Å². The number of carbonyl (C=O) groups excluding carboxylic acids is 2. The molecule has 1 aromatic rings. The average Bonchev–Trinajstić information content (AvgIpc) is 2.97. The third kappa shape index (κ3) is 5.83. The van der Waals surface area contributed by atoms with Gasteiger partial charge < -0.3 is 14.2 Å². The number of ether oxygens (including phenoxy) is 3. The van der Waals surface area contributed by atoms with Gasteiger partial charge in [-0.05, 0) is 59.2 Å². The van der Waals surface area contributed by atoms with E-state index in [1.807, 2.05) is 19.9 Å². The minimum absolute atomic E-state index is 0.193. The Morgan fingerprint density at radius 2 is 2.04 bits per heavy atom. The predicted octanol–water partition coefficient (Wildman–Crippen LogP) is 2.86. The number of methoxy groups -OCH3 is 1. The average molecular weight is 456 g/mol. The number of carbonyl (C=O) groups is 2. The summed E-state index contributed by atoms with van der Waals surface area (Å²) in [4.78, 5) is 23.2. The van der Waals surface area contributed by atoms with Crippen LogP contribution in [0.3, 0.4) is 0 Å². The minimum Gasteiger partial charge on any atom is -0.490 e. The van der Waals surface area contributed by atoms with E-state index in [1.165, 1.54) is 13.3 Å². The van der Waals surface area contributed by atoms with Gasteiger partial charge in [0.15, 0.2) is 16.7 Å². The van der Waals surface area contributed by atoms with Gasteiger partial charge in [-0.3, -0.25) is 10.1 Å². The van der Waals surface area contributed by atoms with Crippen LogP contribution in [0, 0.1) is 0 Å². The number of amidine groups is 1. The first-order valence-electron chi connectivity index (χ1n) is 7.97. The first-order valence-corrected chi connectivity index (χ1v) is 9.58. The van der Waals surface area contributed by atoms with Crippen LogP contribution in [0.4, 0.5) is 0 Å². The van der Waals surface area contributed by atoms with Gasteiger partial charge in [0.2, 0.25) is 0 Å². The van der Waals surface area contributed by atoms with Crippen molar-refractivity contribution in [3.8, 4) is 11.5 Å². The van der Waals surface area contributed by atoms with Crippen LogP contribution in [0.15, 0.2) is 37.8 Å². The largest absolute Gasteiger partial charge is 0.490 e. The van der Waals surface area contributed by atoms with Crippen molar-refractivity contribution in [2.45, 2.75) is 13.8 Å². The summed E-state index contributed by atoms with van der Waals surface area (Å²) >= 11 is 4.46. The van der Waals surface area contributed by atoms with E-state index < -0.39 is 11.9 Å². The second-order valence-corrected chi connectivity index (χ2v) is 6.82. The van der Waals surface area contributed by atoms with Crippen LogP contribution >= 0.6 is 27.7 Å². The van der Waals surface area contributed by atoms with E-state index in [0.29, 0.717) is 24.7 Å². The molecule has 1 fully saturated rings. The summed E-state index contributed by atoms with van der Waals surface area (Å²) in [5.41, 5.74) is 0.734. The smallest absolute Gasteiger partial charge is 0.331 e. The second-order valence-electron chi connectivity index (χ2n) is 4.93. The van der Waals surface area contributed by atoms with E-state index in [4.69, 9.17) is 9.47 Å². The number of rotatable bonds is 7. The number of thioether (sulfide) groups is 1. The third-order valence-corrected chi connectivity index (χ3v) is 4.57. The molecular weight excluding hydrogens is 438 g/mol. The summed E-state index contributed by atoms with van der Waals surface area (Å²) in [7, 11) is 1.24. The Hall–Kier alpha value is -2.33. The maximum absolute atomic E-state index is 11.8. The molecule has 1 aromatic carbocycles. The Balaban J connectivity index is 2.16. The van der Waals surface area contributed by atoms with Gasteiger partial charge in [0.25, 0.3) is 5.91 Å². The molecule has 8 nitrogen and oxygen atoms in total. The van der Waals surface area contributed by atoms with E-state index in [1.54, 1.807) is 6.07 Å². The van der Waals surface area contributed by atoms with Crippen molar-refractivity contribution >= 4 is 51.0 Å². The Kier molecular flexibility index (Phi) is 7.86. The molecular formula is C17H18BrN3O5S. The number of nitrogens with one attached hydrogen (secondary N) is 1. The fourth-order valence-electron chi connectivity index (χ4n) is 2.00.